The van der Waals surface area contributed by atoms with Gasteiger partial charge in [-0.05, 0) is 27.9 Å². The highest BCUT2D eigenvalue weighted by molar-refractivity contribution is 5.91. The highest BCUT2D eigenvalue weighted by atomic mass is 16.6. The maximum Gasteiger partial charge on any atom is 0.318 e. The topological polar surface area (TPSA) is 76.7 Å². The third-order valence-corrected chi connectivity index (χ3v) is 1.72. The summed E-state index contributed by atoms with van der Waals surface area (Å²) in [6.07, 6.45) is -1.20. The van der Waals surface area contributed by atoms with Gasteiger partial charge in [-0.25, -0.2) is 0 Å². The van der Waals surface area contributed by atoms with E-state index < -0.39 is 24.4 Å². The Morgan fingerprint density at radius 3 is 1.60 bits per heavy atom. The number of hydrogen-bond donors (Lipinski definition) is 2. The molecule has 0 fully saturated rings. The molecule has 0 rings (SSSR count). The summed E-state index contributed by atoms with van der Waals surface area (Å²) in [6.45, 7) is 3.33. The second-order valence-electron chi connectivity index (χ2n) is 3.02. The molecular weight excluding hydrogens is 200 g/mol. The van der Waals surface area contributed by atoms with E-state index in [-0.39, 0.29) is 6.42 Å². The smallest absolute Gasteiger partial charge is 0.318 e. The summed E-state index contributed by atoms with van der Waals surface area (Å²) in [5.41, 5.74) is 0. The van der Waals surface area contributed by atoms with Gasteiger partial charge in [0.25, 0.3) is 0 Å². The Hall–Kier alpha value is -1.14. The molecule has 0 spiro atoms. The first-order valence-corrected chi connectivity index (χ1v) is 4.73. The van der Waals surface area contributed by atoms with E-state index in [1.807, 2.05) is 0 Å². The Morgan fingerprint density at radius 1 is 1.00 bits per heavy atom. The van der Waals surface area contributed by atoms with Gasteiger partial charge in [-0.2, -0.15) is 0 Å². The lowest BCUT2D eigenvalue weighted by molar-refractivity contribution is -0.160. The van der Waals surface area contributed by atoms with Crippen molar-refractivity contribution in [1.29, 1.82) is 0 Å². The minimum Gasteiger partial charge on any atom is -0.446 e. The normalized spacial score (nSPS) is 14.1. The lowest BCUT2D eigenvalue weighted by atomic mass is 10.4. The Bertz CT molecular complexity index is 198. The predicted molar refractivity (Wildman–Crippen MR) is 53.8 cm³/mol. The summed E-state index contributed by atoms with van der Waals surface area (Å²) in [5, 5.41) is 5.43. The van der Waals surface area contributed by atoms with Crippen molar-refractivity contribution in [3.05, 3.63) is 0 Å². The lowest BCUT2D eigenvalue weighted by Gasteiger charge is -2.13. The molecule has 0 amide bonds. The number of nitrogens with one attached hydrogen (secondary N) is 2. The van der Waals surface area contributed by atoms with Crippen molar-refractivity contribution >= 4 is 11.9 Å². The highest BCUT2D eigenvalue weighted by Crippen LogP contribution is 1.96. The molecule has 2 unspecified atom stereocenters. The molecule has 0 aliphatic heterocycles. The molecule has 0 aromatic carbocycles. The number of carbonyl (C=O) groups excluding carboxylic acids is 2. The van der Waals surface area contributed by atoms with Gasteiger partial charge in [-0.15, -0.1) is 0 Å². The van der Waals surface area contributed by atoms with Crippen LogP contribution in [0.1, 0.15) is 20.3 Å². The number of esters is 2. The van der Waals surface area contributed by atoms with E-state index in [0.717, 1.165) is 0 Å². The highest BCUT2D eigenvalue weighted by Gasteiger charge is 2.15. The zero-order valence-electron chi connectivity index (χ0n) is 9.49. The minimum atomic E-state index is -0.606. The van der Waals surface area contributed by atoms with Crippen molar-refractivity contribution in [2.75, 3.05) is 14.1 Å². The van der Waals surface area contributed by atoms with Crippen LogP contribution in [0.2, 0.25) is 0 Å². The molecular formula is C9H18N2O4. The van der Waals surface area contributed by atoms with Gasteiger partial charge in [0.2, 0.25) is 0 Å². The molecule has 0 aromatic heterocycles. The van der Waals surface area contributed by atoms with Gasteiger partial charge in [0.1, 0.15) is 18.9 Å². The van der Waals surface area contributed by atoms with Crippen LogP contribution in [0, 0.1) is 0 Å². The van der Waals surface area contributed by atoms with Crippen molar-refractivity contribution in [3.63, 3.8) is 0 Å². The fraction of sp³-hybridized carbons (Fsp3) is 0.778. The summed E-state index contributed by atoms with van der Waals surface area (Å²) in [5.74, 6) is -1.21. The van der Waals surface area contributed by atoms with Gasteiger partial charge in [-0.3, -0.25) is 20.2 Å². The molecule has 88 valence electrons. The molecule has 6 heteroatoms. The molecule has 0 saturated carbocycles. The van der Waals surface area contributed by atoms with Gasteiger partial charge in [-0.1, -0.05) is 0 Å². The van der Waals surface area contributed by atoms with Crippen LogP contribution in [0.3, 0.4) is 0 Å². The maximum atomic E-state index is 11.1. The zero-order chi connectivity index (χ0) is 11.8. The van der Waals surface area contributed by atoms with E-state index in [4.69, 9.17) is 9.47 Å². The van der Waals surface area contributed by atoms with E-state index >= 15 is 0 Å². The van der Waals surface area contributed by atoms with Crippen molar-refractivity contribution in [1.82, 2.24) is 10.6 Å². The van der Waals surface area contributed by atoms with Crippen LogP contribution in [-0.4, -0.2) is 38.5 Å². The van der Waals surface area contributed by atoms with Crippen molar-refractivity contribution in [3.8, 4) is 0 Å². The van der Waals surface area contributed by atoms with Crippen molar-refractivity contribution in [2.24, 2.45) is 0 Å². The fourth-order valence-corrected chi connectivity index (χ4v) is 0.713. The largest absolute Gasteiger partial charge is 0.446 e. The van der Waals surface area contributed by atoms with E-state index in [1.165, 1.54) is 0 Å². The standard InChI is InChI=1S/C9H18N2O4/c1-6(10-3)14-8(12)5-9(13)15-7(2)11-4/h6-7,10-11H,5H2,1-4H3. The SMILES string of the molecule is CNC(C)OC(=O)CC(=O)OC(C)NC. The van der Waals surface area contributed by atoms with E-state index in [9.17, 15) is 9.59 Å². The summed E-state index contributed by atoms with van der Waals surface area (Å²) in [7, 11) is 3.30. The van der Waals surface area contributed by atoms with Crippen LogP contribution in [0.5, 0.6) is 0 Å². The van der Waals surface area contributed by atoms with Crippen LogP contribution in [-0.2, 0) is 19.1 Å². The average Bonchev–Trinajstić information content (AvgIpc) is 2.16. The van der Waals surface area contributed by atoms with Gasteiger partial charge in [0.05, 0.1) is 0 Å². The van der Waals surface area contributed by atoms with E-state index in [2.05, 4.69) is 10.6 Å². The predicted octanol–water partition coefficient (Wildman–Crippen LogP) is -0.406. The summed E-state index contributed by atoms with van der Waals surface area (Å²) in [6, 6.07) is 0. The summed E-state index contributed by atoms with van der Waals surface area (Å²) >= 11 is 0. The average molecular weight is 218 g/mol. The molecule has 0 aliphatic rings. The van der Waals surface area contributed by atoms with E-state index in [0.29, 0.717) is 0 Å². The van der Waals surface area contributed by atoms with Crippen LogP contribution in [0.25, 0.3) is 0 Å². The summed E-state index contributed by atoms with van der Waals surface area (Å²) < 4.78 is 9.63. The second-order valence-corrected chi connectivity index (χ2v) is 3.02. The van der Waals surface area contributed by atoms with E-state index in [1.54, 1.807) is 27.9 Å². The van der Waals surface area contributed by atoms with Gasteiger partial charge < -0.3 is 9.47 Å². The molecule has 0 saturated heterocycles. The molecule has 15 heavy (non-hydrogen) atoms. The molecule has 0 heterocycles. The number of ether oxygens (including phenoxy) is 2. The Labute approximate surface area is 89.3 Å². The molecule has 2 N–H and O–H groups in total. The monoisotopic (exact) mass is 218 g/mol. The van der Waals surface area contributed by atoms with Crippen LogP contribution in [0.4, 0.5) is 0 Å². The number of hydrogen-bond acceptors (Lipinski definition) is 6. The van der Waals surface area contributed by atoms with Crippen molar-refractivity contribution < 1.29 is 19.1 Å². The third-order valence-electron chi connectivity index (χ3n) is 1.72. The Kier molecular flexibility index (Phi) is 6.64. The fourth-order valence-electron chi connectivity index (χ4n) is 0.713. The molecule has 0 bridgehead atoms. The number of carbonyl (C=O) groups is 2. The van der Waals surface area contributed by atoms with Gasteiger partial charge in [0, 0.05) is 0 Å². The van der Waals surface area contributed by atoms with Gasteiger partial charge >= 0.3 is 11.9 Å². The second kappa shape index (κ2) is 7.19. The maximum absolute atomic E-state index is 11.1. The Morgan fingerprint density at radius 2 is 1.33 bits per heavy atom. The van der Waals surface area contributed by atoms with Crippen molar-refractivity contribution in [2.45, 2.75) is 32.7 Å². The van der Waals surface area contributed by atoms with Crippen LogP contribution >= 0.6 is 0 Å². The first-order valence-electron chi connectivity index (χ1n) is 4.73. The molecule has 0 radical (unpaired) electrons. The minimum absolute atomic E-state index is 0.377. The first kappa shape index (κ1) is 13.9. The third kappa shape index (κ3) is 6.87. The molecule has 2 atom stereocenters. The number of rotatable bonds is 6. The summed E-state index contributed by atoms with van der Waals surface area (Å²) in [4.78, 5) is 22.2. The quantitative estimate of drug-likeness (QED) is 0.359. The van der Waals surface area contributed by atoms with Crippen LogP contribution in [0.15, 0.2) is 0 Å². The Balaban J connectivity index is 3.81. The van der Waals surface area contributed by atoms with Crippen LogP contribution < -0.4 is 10.6 Å². The first-order chi connectivity index (χ1) is 6.99. The zero-order valence-corrected chi connectivity index (χ0v) is 9.49. The molecule has 6 nitrogen and oxygen atoms in total. The van der Waals surface area contributed by atoms with Gasteiger partial charge in [0.15, 0.2) is 0 Å². The lowest BCUT2D eigenvalue weighted by Crippen LogP contribution is -2.31. The molecule has 0 aliphatic carbocycles. The molecule has 0 aromatic rings.